The molecule has 1 unspecified atom stereocenters. The third-order valence-electron chi connectivity index (χ3n) is 3.03. The van der Waals surface area contributed by atoms with Crippen LogP contribution in [0.5, 0.6) is 0 Å². The highest BCUT2D eigenvalue weighted by molar-refractivity contribution is 7.90. The third-order valence-corrected chi connectivity index (χ3v) is 5.55. The fourth-order valence-electron chi connectivity index (χ4n) is 1.85. The molecule has 1 atom stereocenters. The molecule has 0 aliphatic rings. The maximum Gasteiger partial charge on any atom is 0.175 e. The van der Waals surface area contributed by atoms with Crippen molar-refractivity contribution < 1.29 is 8.42 Å². The number of anilines is 1. The molecule has 0 saturated heterocycles. The molecular formula is C14H16ClNO2S2. The molecule has 0 spiro atoms. The largest absolute Gasteiger partial charge is 0.377 e. The normalized spacial score (nSPS) is 13.2. The molecule has 2 aromatic rings. The third kappa shape index (κ3) is 3.53. The summed E-state index contributed by atoms with van der Waals surface area (Å²) in [6.07, 6.45) is 1.21. The molecule has 1 aromatic heterocycles. The van der Waals surface area contributed by atoms with E-state index >= 15 is 0 Å². The van der Waals surface area contributed by atoms with E-state index in [0.717, 1.165) is 20.5 Å². The second kappa shape index (κ2) is 5.76. The van der Waals surface area contributed by atoms with Gasteiger partial charge in [0.05, 0.1) is 15.3 Å². The van der Waals surface area contributed by atoms with E-state index in [-0.39, 0.29) is 6.04 Å². The molecule has 1 N–H and O–H groups in total. The van der Waals surface area contributed by atoms with Crippen molar-refractivity contribution in [2.75, 3.05) is 11.6 Å². The molecule has 0 amide bonds. The Morgan fingerprint density at radius 3 is 2.50 bits per heavy atom. The summed E-state index contributed by atoms with van der Waals surface area (Å²) in [5, 5.41) is 3.34. The topological polar surface area (TPSA) is 46.2 Å². The van der Waals surface area contributed by atoms with Gasteiger partial charge in [0, 0.05) is 16.8 Å². The first-order valence-electron chi connectivity index (χ1n) is 6.10. The summed E-state index contributed by atoms with van der Waals surface area (Å²) >= 11 is 7.45. The molecule has 0 radical (unpaired) electrons. The molecule has 3 nitrogen and oxygen atoms in total. The van der Waals surface area contributed by atoms with E-state index < -0.39 is 9.84 Å². The summed E-state index contributed by atoms with van der Waals surface area (Å²) in [5.41, 5.74) is 1.83. The van der Waals surface area contributed by atoms with Crippen LogP contribution in [0.4, 0.5) is 5.69 Å². The lowest BCUT2D eigenvalue weighted by molar-refractivity contribution is 0.602. The molecule has 0 aliphatic carbocycles. The van der Waals surface area contributed by atoms with E-state index in [2.05, 4.69) is 5.32 Å². The molecule has 2 rings (SSSR count). The maximum absolute atomic E-state index is 11.6. The van der Waals surface area contributed by atoms with Gasteiger partial charge in [0.25, 0.3) is 0 Å². The van der Waals surface area contributed by atoms with E-state index in [1.807, 2.05) is 32.0 Å². The van der Waals surface area contributed by atoms with Crippen LogP contribution in [0.15, 0.2) is 35.2 Å². The molecule has 6 heteroatoms. The summed E-state index contributed by atoms with van der Waals surface area (Å²) < 4.78 is 24.0. The number of rotatable bonds is 4. The summed E-state index contributed by atoms with van der Waals surface area (Å²) in [7, 11) is -3.20. The van der Waals surface area contributed by atoms with Gasteiger partial charge in [-0.3, -0.25) is 0 Å². The van der Waals surface area contributed by atoms with Gasteiger partial charge in [-0.25, -0.2) is 8.42 Å². The highest BCUT2D eigenvalue weighted by Gasteiger charge is 2.13. The Morgan fingerprint density at radius 2 is 1.95 bits per heavy atom. The second-order valence-electron chi connectivity index (χ2n) is 4.76. The summed E-state index contributed by atoms with van der Waals surface area (Å²) in [5.74, 6) is 0. The summed E-state index contributed by atoms with van der Waals surface area (Å²) in [6.45, 7) is 3.97. The van der Waals surface area contributed by atoms with Crippen molar-refractivity contribution in [2.24, 2.45) is 0 Å². The minimum absolute atomic E-state index is 0.0704. The van der Waals surface area contributed by atoms with Crippen LogP contribution < -0.4 is 5.32 Å². The van der Waals surface area contributed by atoms with Gasteiger partial charge in [0.2, 0.25) is 0 Å². The lowest BCUT2D eigenvalue weighted by atomic mass is 10.1. The maximum atomic E-state index is 11.6. The Kier molecular flexibility index (Phi) is 4.42. The lowest BCUT2D eigenvalue weighted by Crippen LogP contribution is -2.07. The fourth-order valence-corrected chi connectivity index (χ4v) is 3.56. The Labute approximate surface area is 128 Å². The number of hydrogen-bond donors (Lipinski definition) is 1. The second-order valence-corrected chi connectivity index (χ2v) is 8.52. The highest BCUT2D eigenvalue weighted by atomic mass is 35.5. The Balaban J connectivity index is 2.29. The van der Waals surface area contributed by atoms with Crippen molar-refractivity contribution in [1.82, 2.24) is 0 Å². The van der Waals surface area contributed by atoms with Crippen molar-refractivity contribution in [2.45, 2.75) is 24.8 Å². The van der Waals surface area contributed by atoms with Gasteiger partial charge >= 0.3 is 0 Å². The fraction of sp³-hybridized carbons (Fsp3) is 0.286. The Morgan fingerprint density at radius 1 is 1.25 bits per heavy atom. The van der Waals surface area contributed by atoms with Crippen LogP contribution in [-0.2, 0) is 9.84 Å². The van der Waals surface area contributed by atoms with Gasteiger partial charge in [-0.05, 0) is 43.7 Å². The number of sulfone groups is 1. The van der Waals surface area contributed by atoms with Crippen molar-refractivity contribution >= 4 is 38.5 Å². The lowest BCUT2D eigenvalue weighted by Gasteiger charge is -2.16. The van der Waals surface area contributed by atoms with Crippen molar-refractivity contribution in [1.29, 1.82) is 0 Å². The van der Waals surface area contributed by atoms with Crippen LogP contribution in [0.1, 0.15) is 23.4 Å². The van der Waals surface area contributed by atoms with Gasteiger partial charge in [0.15, 0.2) is 9.84 Å². The van der Waals surface area contributed by atoms with E-state index in [1.165, 1.54) is 17.6 Å². The van der Waals surface area contributed by atoms with Crippen LogP contribution in [-0.4, -0.2) is 14.7 Å². The predicted octanol–water partition coefficient (Wildman–Crippen LogP) is 4.29. The molecule has 0 fully saturated rings. The van der Waals surface area contributed by atoms with Crippen molar-refractivity contribution in [3.63, 3.8) is 0 Å². The standard InChI is InChI=1S/C14H16ClNO2S2/c1-9-4-5-11(20(3,17)18)8-12(9)16-10(2)13-6-7-14(15)19-13/h4-8,10,16H,1-3H3. The predicted molar refractivity (Wildman–Crippen MR) is 85.7 cm³/mol. The van der Waals surface area contributed by atoms with Gasteiger partial charge in [0.1, 0.15) is 0 Å². The first kappa shape index (κ1) is 15.4. The molecule has 20 heavy (non-hydrogen) atoms. The minimum Gasteiger partial charge on any atom is -0.377 e. The zero-order valence-electron chi connectivity index (χ0n) is 11.5. The van der Waals surface area contributed by atoms with Crippen LogP contribution >= 0.6 is 22.9 Å². The van der Waals surface area contributed by atoms with Gasteiger partial charge in [-0.1, -0.05) is 17.7 Å². The van der Waals surface area contributed by atoms with Crippen LogP contribution in [0.3, 0.4) is 0 Å². The van der Waals surface area contributed by atoms with Gasteiger partial charge in [-0.2, -0.15) is 0 Å². The number of thiophene rings is 1. The summed E-state index contributed by atoms with van der Waals surface area (Å²) in [6, 6.07) is 9.02. The molecule has 0 aliphatic heterocycles. The molecule has 0 saturated carbocycles. The number of nitrogens with one attached hydrogen (secondary N) is 1. The van der Waals surface area contributed by atoms with Crippen LogP contribution in [0, 0.1) is 6.92 Å². The molecule has 1 aromatic carbocycles. The minimum atomic E-state index is -3.20. The first-order valence-corrected chi connectivity index (χ1v) is 9.18. The smallest absolute Gasteiger partial charge is 0.175 e. The van der Waals surface area contributed by atoms with Crippen LogP contribution in [0.25, 0.3) is 0 Å². The molecular weight excluding hydrogens is 314 g/mol. The monoisotopic (exact) mass is 329 g/mol. The Bertz CT molecular complexity index is 723. The van der Waals surface area contributed by atoms with Crippen molar-refractivity contribution in [3.8, 4) is 0 Å². The van der Waals surface area contributed by atoms with Gasteiger partial charge < -0.3 is 5.32 Å². The average Bonchev–Trinajstić information content (AvgIpc) is 2.77. The molecule has 108 valence electrons. The zero-order valence-corrected chi connectivity index (χ0v) is 13.9. The van der Waals surface area contributed by atoms with Crippen molar-refractivity contribution in [3.05, 3.63) is 45.1 Å². The number of aryl methyl sites for hydroxylation is 1. The SMILES string of the molecule is Cc1ccc(S(C)(=O)=O)cc1NC(C)c1ccc(Cl)s1. The van der Waals surface area contributed by atoms with E-state index in [0.29, 0.717) is 4.90 Å². The quantitative estimate of drug-likeness (QED) is 0.910. The molecule has 1 heterocycles. The number of halogens is 1. The average molecular weight is 330 g/mol. The van der Waals surface area contributed by atoms with Gasteiger partial charge in [-0.15, -0.1) is 11.3 Å². The molecule has 0 bridgehead atoms. The van der Waals surface area contributed by atoms with E-state index in [4.69, 9.17) is 11.6 Å². The Hall–Kier alpha value is -1.04. The summed E-state index contributed by atoms with van der Waals surface area (Å²) in [4.78, 5) is 1.43. The van der Waals surface area contributed by atoms with E-state index in [9.17, 15) is 8.42 Å². The number of benzene rings is 1. The highest BCUT2D eigenvalue weighted by Crippen LogP contribution is 2.30. The zero-order chi connectivity index (χ0) is 14.9. The van der Waals surface area contributed by atoms with Crippen LogP contribution in [0.2, 0.25) is 4.34 Å². The van der Waals surface area contributed by atoms with E-state index in [1.54, 1.807) is 12.1 Å². The first-order chi connectivity index (χ1) is 9.27. The number of hydrogen-bond acceptors (Lipinski definition) is 4.